The van der Waals surface area contributed by atoms with E-state index in [0.29, 0.717) is 5.75 Å². The van der Waals surface area contributed by atoms with E-state index in [4.69, 9.17) is 14.8 Å². The minimum atomic E-state index is -1.01. The number of aryl methyl sites for hydroxylation is 1. The Labute approximate surface area is 209 Å². The van der Waals surface area contributed by atoms with E-state index in [2.05, 4.69) is 0 Å². The van der Waals surface area contributed by atoms with E-state index < -0.39 is 10.9 Å². The number of nitro benzene ring substituents is 1. The van der Waals surface area contributed by atoms with Crippen molar-refractivity contribution in [1.29, 1.82) is 0 Å². The maximum absolute atomic E-state index is 11.1. The van der Waals surface area contributed by atoms with Crippen LogP contribution in [0.2, 0.25) is 0 Å². The zero-order chi connectivity index (χ0) is 24.4. The number of carbonyl (C=O) groups is 1. The number of thioether (sulfide) groups is 1. The van der Waals surface area contributed by atoms with Crippen molar-refractivity contribution in [1.82, 2.24) is 4.98 Å². The molecule has 0 aliphatic heterocycles. The van der Waals surface area contributed by atoms with Crippen molar-refractivity contribution in [3.63, 3.8) is 0 Å². The number of hydrogen-bond donors (Lipinski definition) is 1. The number of carboxylic acid groups (broad SMARTS) is 1. The van der Waals surface area contributed by atoms with E-state index in [1.807, 2.05) is 42.5 Å². The number of ether oxygens (including phenoxy) is 1. The third kappa shape index (κ3) is 4.91. The molecule has 0 saturated heterocycles. The average molecular weight is 505 g/mol. The number of carboxylic acids is 1. The second-order valence-electron chi connectivity index (χ2n) is 7.97. The molecule has 4 aromatic rings. The summed E-state index contributed by atoms with van der Waals surface area (Å²) >= 11 is 3.28. The SMILES string of the molecule is O=C(O)COc1cccc2c1CCc1sc(SC(c3ccccc3)c3ccc([N+](=O)[O-])cc3)nc1-2. The number of hydrogen-bond acceptors (Lipinski definition) is 7. The van der Waals surface area contributed by atoms with E-state index >= 15 is 0 Å². The average Bonchev–Trinajstić information content (AvgIpc) is 3.30. The Balaban J connectivity index is 1.47. The lowest BCUT2D eigenvalue weighted by Crippen LogP contribution is -2.12. The molecule has 1 aromatic heterocycles. The molecule has 1 heterocycles. The number of aromatic nitrogens is 1. The van der Waals surface area contributed by atoms with Crippen LogP contribution in [0.5, 0.6) is 5.75 Å². The summed E-state index contributed by atoms with van der Waals surface area (Å²) < 4.78 is 6.43. The molecule has 1 atom stereocenters. The second-order valence-corrected chi connectivity index (χ2v) is 10.4. The van der Waals surface area contributed by atoms with Gasteiger partial charge in [0.15, 0.2) is 10.9 Å². The zero-order valence-corrected chi connectivity index (χ0v) is 20.1. The summed E-state index contributed by atoms with van der Waals surface area (Å²) in [7, 11) is 0. The minimum absolute atomic E-state index is 0.0628. The molecule has 3 aromatic carbocycles. The Bertz CT molecular complexity index is 1390. The van der Waals surface area contributed by atoms with E-state index in [1.165, 1.54) is 17.0 Å². The van der Waals surface area contributed by atoms with Gasteiger partial charge in [-0.15, -0.1) is 11.3 Å². The largest absolute Gasteiger partial charge is 0.482 e. The van der Waals surface area contributed by atoms with E-state index in [1.54, 1.807) is 41.3 Å². The molecular weight excluding hydrogens is 484 g/mol. The van der Waals surface area contributed by atoms with Crippen molar-refractivity contribution < 1.29 is 19.6 Å². The van der Waals surface area contributed by atoms with Gasteiger partial charge in [-0.25, -0.2) is 9.78 Å². The second kappa shape index (κ2) is 9.89. The van der Waals surface area contributed by atoms with Gasteiger partial charge in [-0.3, -0.25) is 10.1 Å². The maximum atomic E-state index is 11.1. The molecule has 176 valence electrons. The molecule has 0 spiro atoms. The molecule has 9 heteroatoms. The van der Waals surface area contributed by atoms with Crippen LogP contribution < -0.4 is 4.74 Å². The first-order valence-corrected chi connectivity index (χ1v) is 12.6. The number of nitro groups is 1. The van der Waals surface area contributed by atoms with E-state index in [-0.39, 0.29) is 17.5 Å². The maximum Gasteiger partial charge on any atom is 0.341 e. The first kappa shape index (κ1) is 23.1. The summed E-state index contributed by atoms with van der Waals surface area (Å²) in [5.41, 5.74) is 4.98. The number of benzene rings is 3. The summed E-state index contributed by atoms with van der Waals surface area (Å²) in [6, 6.07) is 22.4. The molecule has 5 rings (SSSR count). The Morgan fingerprint density at radius 2 is 1.80 bits per heavy atom. The fourth-order valence-electron chi connectivity index (χ4n) is 4.15. The third-order valence-electron chi connectivity index (χ3n) is 5.75. The fraction of sp³-hybridized carbons (Fsp3) is 0.154. The Morgan fingerprint density at radius 3 is 2.51 bits per heavy atom. The van der Waals surface area contributed by atoms with Crippen molar-refractivity contribution >= 4 is 34.8 Å². The van der Waals surface area contributed by atoms with Crippen LogP contribution in [0.4, 0.5) is 5.69 Å². The van der Waals surface area contributed by atoms with Crippen LogP contribution in [0.3, 0.4) is 0 Å². The predicted molar refractivity (Wildman–Crippen MR) is 135 cm³/mol. The number of thiazole rings is 1. The van der Waals surface area contributed by atoms with Crippen molar-refractivity contribution in [3.05, 3.63) is 104 Å². The molecule has 1 N–H and O–H groups in total. The van der Waals surface area contributed by atoms with Crippen molar-refractivity contribution in [3.8, 4) is 17.0 Å². The lowest BCUT2D eigenvalue weighted by Gasteiger charge is -2.18. The molecule has 7 nitrogen and oxygen atoms in total. The smallest absolute Gasteiger partial charge is 0.341 e. The van der Waals surface area contributed by atoms with E-state index in [0.717, 1.165) is 45.1 Å². The molecule has 1 unspecified atom stereocenters. The molecule has 0 saturated carbocycles. The normalized spacial score (nSPS) is 12.9. The van der Waals surface area contributed by atoms with Gasteiger partial charge >= 0.3 is 5.97 Å². The molecule has 0 bridgehead atoms. The predicted octanol–water partition coefficient (Wildman–Crippen LogP) is 6.16. The van der Waals surface area contributed by atoms with Crippen LogP contribution in [0.1, 0.15) is 26.8 Å². The van der Waals surface area contributed by atoms with Gasteiger partial charge < -0.3 is 9.84 Å². The van der Waals surface area contributed by atoms with Gasteiger partial charge in [0.25, 0.3) is 5.69 Å². The number of rotatable bonds is 8. The molecule has 0 amide bonds. The molecule has 35 heavy (non-hydrogen) atoms. The topological polar surface area (TPSA) is 103 Å². The van der Waals surface area contributed by atoms with Gasteiger partial charge in [-0.1, -0.05) is 66.4 Å². The Morgan fingerprint density at radius 1 is 1.06 bits per heavy atom. The monoisotopic (exact) mass is 504 g/mol. The van der Waals surface area contributed by atoms with Crippen molar-refractivity contribution in [2.45, 2.75) is 22.4 Å². The van der Waals surface area contributed by atoms with Gasteiger partial charge in [0.2, 0.25) is 0 Å². The lowest BCUT2D eigenvalue weighted by molar-refractivity contribution is -0.384. The minimum Gasteiger partial charge on any atom is -0.482 e. The van der Waals surface area contributed by atoms with Gasteiger partial charge in [0, 0.05) is 28.1 Å². The van der Waals surface area contributed by atoms with Crippen LogP contribution in [0.25, 0.3) is 11.3 Å². The molecule has 0 fully saturated rings. The van der Waals surface area contributed by atoms with Crippen LogP contribution in [-0.2, 0) is 17.6 Å². The summed E-state index contributed by atoms with van der Waals surface area (Å²) in [5.74, 6) is -0.421. The van der Waals surface area contributed by atoms with Gasteiger partial charge in [0.05, 0.1) is 15.9 Å². The van der Waals surface area contributed by atoms with Crippen LogP contribution in [0, 0.1) is 10.1 Å². The first-order chi connectivity index (χ1) is 17.0. The molecule has 1 aliphatic rings. The van der Waals surface area contributed by atoms with Gasteiger partial charge in [0.1, 0.15) is 5.75 Å². The highest BCUT2D eigenvalue weighted by molar-refractivity contribution is 8.01. The number of nitrogens with zero attached hydrogens (tertiary/aromatic N) is 2. The highest BCUT2D eigenvalue weighted by Gasteiger charge is 2.26. The number of fused-ring (bicyclic) bond motifs is 3. The third-order valence-corrected chi connectivity index (χ3v) is 8.27. The molecular formula is C26H20N2O5S2. The Kier molecular flexibility index (Phi) is 6.52. The highest BCUT2D eigenvalue weighted by atomic mass is 32.2. The van der Waals surface area contributed by atoms with Crippen LogP contribution >= 0.6 is 23.1 Å². The van der Waals surface area contributed by atoms with E-state index in [9.17, 15) is 14.9 Å². The highest BCUT2D eigenvalue weighted by Crippen LogP contribution is 2.47. The van der Waals surface area contributed by atoms with Crippen molar-refractivity contribution in [2.75, 3.05) is 6.61 Å². The van der Waals surface area contributed by atoms with Gasteiger partial charge in [-0.2, -0.15) is 0 Å². The van der Waals surface area contributed by atoms with Crippen LogP contribution in [-0.4, -0.2) is 27.6 Å². The number of aliphatic carboxylic acids is 1. The standard InChI is InChI=1S/C26H20N2O5S2/c29-23(30)15-33-21-8-4-7-20-19(21)13-14-22-24(20)27-26(34-22)35-25(16-5-2-1-3-6-16)17-9-11-18(12-10-17)28(31)32/h1-12,25H,13-15H2,(H,29,30). The first-order valence-electron chi connectivity index (χ1n) is 10.9. The quantitative estimate of drug-likeness (QED) is 0.174. The lowest BCUT2D eigenvalue weighted by atomic mass is 9.93. The summed E-state index contributed by atoms with van der Waals surface area (Å²) in [6.45, 7) is -0.379. The van der Waals surface area contributed by atoms with Crippen LogP contribution in [0.15, 0.2) is 77.1 Å². The molecule has 1 aliphatic carbocycles. The molecule has 0 radical (unpaired) electrons. The van der Waals surface area contributed by atoms with Gasteiger partial charge in [-0.05, 0) is 30.0 Å². The number of non-ortho nitro benzene ring substituents is 1. The Hall–Kier alpha value is -3.69. The fourth-order valence-corrected chi connectivity index (χ4v) is 6.67. The zero-order valence-electron chi connectivity index (χ0n) is 18.4. The summed E-state index contributed by atoms with van der Waals surface area (Å²) in [5, 5.41) is 20.0. The van der Waals surface area contributed by atoms with Crippen molar-refractivity contribution in [2.24, 2.45) is 0 Å². The summed E-state index contributed by atoms with van der Waals surface area (Å²) in [4.78, 5) is 27.8. The summed E-state index contributed by atoms with van der Waals surface area (Å²) in [6.07, 6.45) is 1.57.